The Balaban J connectivity index is 1.78. The maximum Gasteiger partial charge on any atom is 0.262 e. The van der Waals surface area contributed by atoms with Crippen LogP contribution in [0, 0.1) is 20.8 Å². The number of amides is 2. The van der Waals surface area contributed by atoms with Crippen LogP contribution in [0.25, 0.3) is 0 Å². The number of carbonyl (C=O) groups excluding carboxylic acids is 2. The maximum absolute atomic E-state index is 13.0. The van der Waals surface area contributed by atoms with Gasteiger partial charge in [0.2, 0.25) is 5.91 Å². The number of likely N-dealkylation sites (N-methyl/N-ethyl adjacent to an activating group) is 1. The fourth-order valence-electron chi connectivity index (χ4n) is 3.06. The lowest BCUT2D eigenvalue weighted by Gasteiger charge is -2.19. The Bertz CT molecular complexity index is 1270. The Morgan fingerprint density at radius 1 is 1.06 bits per heavy atom. The number of nitrogens with zero attached hydrogens (tertiary/aromatic N) is 2. The molecule has 0 aliphatic carbocycles. The van der Waals surface area contributed by atoms with Crippen LogP contribution in [0.3, 0.4) is 0 Å². The molecule has 0 atom stereocenters. The van der Waals surface area contributed by atoms with Crippen LogP contribution in [0.1, 0.15) is 27.2 Å². The molecule has 0 saturated carbocycles. The first kappa shape index (κ1) is 23.0. The van der Waals surface area contributed by atoms with Gasteiger partial charge in [-0.2, -0.15) is 0 Å². The number of aromatic nitrogens is 1. The highest BCUT2D eigenvalue weighted by Crippen LogP contribution is 2.24. The van der Waals surface area contributed by atoms with E-state index in [9.17, 15) is 18.0 Å². The molecule has 1 heterocycles. The number of hydrogen-bond donors (Lipinski definition) is 2. The van der Waals surface area contributed by atoms with Crippen LogP contribution in [0.15, 0.2) is 57.9 Å². The van der Waals surface area contributed by atoms with E-state index >= 15 is 0 Å². The Morgan fingerprint density at radius 2 is 1.78 bits per heavy atom. The van der Waals surface area contributed by atoms with E-state index in [-0.39, 0.29) is 28.5 Å². The average Bonchev–Trinajstić information content (AvgIpc) is 3.13. The third kappa shape index (κ3) is 5.33. The summed E-state index contributed by atoms with van der Waals surface area (Å²) in [5.74, 6) is -0.205. The van der Waals surface area contributed by atoms with Crippen molar-refractivity contribution in [2.75, 3.05) is 23.6 Å². The number of carbonyl (C=O) groups is 2. The smallest absolute Gasteiger partial charge is 0.262 e. The first-order valence-electron chi connectivity index (χ1n) is 9.74. The van der Waals surface area contributed by atoms with Gasteiger partial charge < -0.3 is 14.7 Å². The lowest BCUT2D eigenvalue weighted by atomic mass is 10.1. The topological polar surface area (TPSA) is 122 Å². The van der Waals surface area contributed by atoms with Crippen LogP contribution in [-0.2, 0) is 14.8 Å². The van der Waals surface area contributed by atoms with Crippen LogP contribution in [0.2, 0.25) is 0 Å². The number of rotatable bonds is 7. The van der Waals surface area contributed by atoms with Crippen molar-refractivity contribution in [2.45, 2.75) is 25.7 Å². The second-order valence-corrected chi connectivity index (χ2v) is 9.10. The molecule has 0 fully saturated rings. The Labute approximate surface area is 186 Å². The first-order chi connectivity index (χ1) is 15.1. The average molecular weight is 457 g/mol. The zero-order chi connectivity index (χ0) is 23.5. The monoisotopic (exact) mass is 456 g/mol. The van der Waals surface area contributed by atoms with Crippen LogP contribution < -0.4 is 10.0 Å². The number of benzene rings is 2. The van der Waals surface area contributed by atoms with Crippen molar-refractivity contribution in [2.24, 2.45) is 0 Å². The number of hydrogen-bond acceptors (Lipinski definition) is 6. The summed E-state index contributed by atoms with van der Waals surface area (Å²) >= 11 is 0. The van der Waals surface area contributed by atoms with Crippen LogP contribution >= 0.6 is 0 Å². The molecule has 0 saturated heterocycles. The summed E-state index contributed by atoms with van der Waals surface area (Å²) < 4.78 is 33.4. The molecule has 3 aromatic rings. The number of para-hydroxylation sites is 1. The van der Waals surface area contributed by atoms with Crippen molar-refractivity contribution in [3.8, 4) is 0 Å². The lowest BCUT2D eigenvalue weighted by molar-refractivity contribution is -0.116. The molecule has 9 nitrogen and oxygen atoms in total. The summed E-state index contributed by atoms with van der Waals surface area (Å²) in [6, 6.07) is 12.9. The van der Waals surface area contributed by atoms with Gasteiger partial charge in [-0.25, -0.2) is 8.42 Å². The minimum atomic E-state index is -3.93. The molecule has 168 valence electrons. The summed E-state index contributed by atoms with van der Waals surface area (Å²) in [6.45, 7) is 4.93. The van der Waals surface area contributed by atoms with E-state index in [4.69, 9.17) is 4.52 Å². The highest BCUT2D eigenvalue weighted by molar-refractivity contribution is 7.92. The normalized spacial score (nSPS) is 11.1. The zero-order valence-corrected chi connectivity index (χ0v) is 19.0. The molecule has 10 heteroatoms. The predicted octanol–water partition coefficient (Wildman–Crippen LogP) is 3.11. The molecular formula is C22H24N4O5S. The van der Waals surface area contributed by atoms with Gasteiger partial charge in [-0.15, -0.1) is 0 Å². The van der Waals surface area contributed by atoms with Crippen molar-refractivity contribution < 1.29 is 22.5 Å². The third-order valence-electron chi connectivity index (χ3n) is 4.66. The minimum Gasteiger partial charge on any atom is -0.360 e. The van der Waals surface area contributed by atoms with E-state index in [0.29, 0.717) is 11.3 Å². The van der Waals surface area contributed by atoms with E-state index in [1.807, 2.05) is 6.07 Å². The molecule has 0 spiro atoms. The summed E-state index contributed by atoms with van der Waals surface area (Å²) in [7, 11) is -2.48. The molecule has 2 aromatic carbocycles. The van der Waals surface area contributed by atoms with Crippen molar-refractivity contribution in [3.05, 3.63) is 71.0 Å². The SMILES string of the molecule is Cc1ccc(C)c(S(=O)(=O)Nc2ccccc2C(=O)N(C)CC(=O)Nc2cc(C)on2)c1. The molecule has 3 rings (SSSR count). The largest absolute Gasteiger partial charge is 0.360 e. The fraction of sp³-hybridized carbons (Fsp3) is 0.227. The molecule has 2 amide bonds. The van der Waals surface area contributed by atoms with Crippen molar-refractivity contribution in [1.82, 2.24) is 10.1 Å². The number of anilines is 2. The summed E-state index contributed by atoms with van der Waals surface area (Å²) in [5.41, 5.74) is 1.63. The van der Waals surface area contributed by atoms with Crippen molar-refractivity contribution in [3.63, 3.8) is 0 Å². The molecule has 0 unspecified atom stereocenters. The van der Waals surface area contributed by atoms with Crippen LogP contribution in [0.5, 0.6) is 0 Å². The highest BCUT2D eigenvalue weighted by Gasteiger charge is 2.23. The summed E-state index contributed by atoms with van der Waals surface area (Å²) in [6.07, 6.45) is 0. The van der Waals surface area contributed by atoms with Gasteiger partial charge in [0.25, 0.3) is 15.9 Å². The molecule has 1 aromatic heterocycles. The third-order valence-corrected chi connectivity index (χ3v) is 6.17. The number of aryl methyl sites for hydroxylation is 3. The Hall–Kier alpha value is -3.66. The molecule has 32 heavy (non-hydrogen) atoms. The summed E-state index contributed by atoms with van der Waals surface area (Å²) in [5, 5.41) is 6.21. The molecule has 0 aliphatic rings. The van der Waals surface area contributed by atoms with E-state index < -0.39 is 21.8 Å². The molecular weight excluding hydrogens is 432 g/mol. The molecule has 2 N–H and O–H groups in total. The number of sulfonamides is 1. The molecule has 0 aliphatic heterocycles. The van der Waals surface area contributed by atoms with Gasteiger partial charge in [0, 0.05) is 13.1 Å². The second kappa shape index (κ2) is 9.23. The van der Waals surface area contributed by atoms with Crippen molar-refractivity contribution >= 4 is 33.3 Å². The van der Waals surface area contributed by atoms with Gasteiger partial charge in [-0.3, -0.25) is 14.3 Å². The van der Waals surface area contributed by atoms with Gasteiger partial charge >= 0.3 is 0 Å². The van der Waals surface area contributed by atoms with Crippen molar-refractivity contribution in [1.29, 1.82) is 0 Å². The van der Waals surface area contributed by atoms with E-state index in [1.54, 1.807) is 51.1 Å². The maximum atomic E-state index is 13.0. The van der Waals surface area contributed by atoms with Crippen LogP contribution in [0.4, 0.5) is 11.5 Å². The molecule has 0 radical (unpaired) electrons. The van der Waals surface area contributed by atoms with Gasteiger partial charge in [0.05, 0.1) is 22.7 Å². The van der Waals surface area contributed by atoms with Gasteiger partial charge in [-0.1, -0.05) is 29.4 Å². The van der Waals surface area contributed by atoms with Gasteiger partial charge in [-0.05, 0) is 50.1 Å². The van der Waals surface area contributed by atoms with Gasteiger partial charge in [0.1, 0.15) is 5.76 Å². The quantitative estimate of drug-likeness (QED) is 0.563. The fourth-order valence-corrected chi connectivity index (χ4v) is 4.47. The van der Waals surface area contributed by atoms with Gasteiger partial charge in [0.15, 0.2) is 5.82 Å². The minimum absolute atomic E-state index is 0.119. The number of nitrogens with one attached hydrogen (secondary N) is 2. The Kier molecular flexibility index (Phi) is 6.64. The first-order valence-corrected chi connectivity index (χ1v) is 11.2. The van der Waals surface area contributed by atoms with E-state index in [2.05, 4.69) is 15.2 Å². The highest BCUT2D eigenvalue weighted by atomic mass is 32.2. The second-order valence-electron chi connectivity index (χ2n) is 7.45. The lowest BCUT2D eigenvalue weighted by Crippen LogP contribution is -2.35. The predicted molar refractivity (Wildman–Crippen MR) is 120 cm³/mol. The van der Waals surface area contributed by atoms with E-state index in [0.717, 1.165) is 5.56 Å². The molecule has 0 bridgehead atoms. The summed E-state index contributed by atoms with van der Waals surface area (Å²) in [4.78, 5) is 26.5. The standard InChI is InChI=1S/C22H24N4O5S/c1-14-9-10-15(2)19(11-14)32(29,30)25-18-8-6-5-7-17(18)22(28)26(4)13-21(27)23-20-12-16(3)31-24-20/h5-12,25H,13H2,1-4H3,(H,23,24,27). The Morgan fingerprint density at radius 3 is 2.47 bits per heavy atom. The zero-order valence-electron chi connectivity index (χ0n) is 18.2. The van der Waals surface area contributed by atoms with Crippen LogP contribution in [-0.4, -0.2) is 43.9 Å². The van der Waals surface area contributed by atoms with E-state index in [1.165, 1.54) is 24.1 Å².